The summed E-state index contributed by atoms with van der Waals surface area (Å²) >= 11 is 0. The van der Waals surface area contributed by atoms with Crippen molar-refractivity contribution in [3.8, 4) is 0 Å². The monoisotopic (exact) mass is 277 g/mol. The number of methoxy groups -OCH3 is 1. The highest BCUT2D eigenvalue weighted by Crippen LogP contribution is 2.28. The van der Waals surface area contributed by atoms with Crippen molar-refractivity contribution in [3.05, 3.63) is 50.4 Å². The molecule has 7 nitrogen and oxygen atoms in total. The minimum Gasteiger partial charge on any atom is -0.469 e. The van der Waals surface area contributed by atoms with Gasteiger partial charge in [-0.05, 0) is 17.2 Å². The van der Waals surface area contributed by atoms with Crippen molar-refractivity contribution in [2.24, 2.45) is 5.11 Å². The molecule has 0 radical (unpaired) electrons. The van der Waals surface area contributed by atoms with Gasteiger partial charge in [0, 0.05) is 16.4 Å². The van der Waals surface area contributed by atoms with Crippen LogP contribution in [0.25, 0.3) is 21.4 Å². The van der Waals surface area contributed by atoms with E-state index in [0.29, 0.717) is 0 Å². The molecule has 8 heteroatoms. The maximum absolute atomic E-state index is 14.0. The second-order valence-corrected chi connectivity index (χ2v) is 3.81. The van der Waals surface area contributed by atoms with Crippen LogP contribution in [0, 0.1) is 5.82 Å². The summed E-state index contributed by atoms with van der Waals surface area (Å²) in [4.78, 5) is 25.2. The molecule has 0 fully saturated rings. The first-order valence-electron chi connectivity index (χ1n) is 5.44. The molecule has 2 aromatic rings. The van der Waals surface area contributed by atoms with E-state index < -0.39 is 17.4 Å². The van der Waals surface area contributed by atoms with E-state index in [-0.39, 0.29) is 28.6 Å². The minimum absolute atomic E-state index is 0.196. The van der Waals surface area contributed by atoms with Crippen LogP contribution in [0.4, 0.5) is 10.1 Å². The van der Waals surface area contributed by atoms with Crippen molar-refractivity contribution in [2.45, 2.75) is 6.42 Å². The predicted molar refractivity (Wildman–Crippen MR) is 67.0 cm³/mol. The number of nitrogens with zero attached hydrogens (tertiary/aromatic N) is 3. The Bertz CT molecular complexity index is 793. The van der Waals surface area contributed by atoms with Crippen molar-refractivity contribution in [2.75, 3.05) is 7.11 Å². The number of hydrogen-bond acceptors (Lipinski definition) is 5. The number of fused-ring (bicyclic) bond motifs is 1. The molecular weight excluding hydrogens is 269 g/mol. The van der Waals surface area contributed by atoms with E-state index in [1.165, 1.54) is 19.2 Å². The summed E-state index contributed by atoms with van der Waals surface area (Å²) in [5, 5.41) is 3.38. The third kappa shape index (κ3) is 2.45. The summed E-state index contributed by atoms with van der Waals surface area (Å²) in [7, 11) is 1.20. The first-order chi connectivity index (χ1) is 9.56. The predicted octanol–water partition coefficient (Wildman–Crippen LogP) is 2.59. The van der Waals surface area contributed by atoms with Crippen molar-refractivity contribution in [3.63, 3.8) is 0 Å². The zero-order chi connectivity index (χ0) is 14.7. The Hall–Kier alpha value is -2.86. The molecule has 0 aliphatic heterocycles. The molecule has 0 spiro atoms. The number of esters is 1. The van der Waals surface area contributed by atoms with Gasteiger partial charge in [0.05, 0.1) is 19.2 Å². The SMILES string of the molecule is COC(=O)Cc1cc(=O)oc2c(F)c(N=[N+]=[N-])ccc12. The minimum atomic E-state index is -0.955. The fourth-order valence-electron chi connectivity index (χ4n) is 1.75. The number of hydrogen-bond donors (Lipinski definition) is 0. The van der Waals surface area contributed by atoms with Crippen LogP contribution in [0.15, 0.2) is 32.5 Å². The lowest BCUT2D eigenvalue weighted by molar-refractivity contribution is -0.139. The Labute approximate surface area is 111 Å². The quantitative estimate of drug-likeness (QED) is 0.282. The first kappa shape index (κ1) is 13.6. The lowest BCUT2D eigenvalue weighted by Crippen LogP contribution is -2.09. The number of halogens is 1. The Morgan fingerprint density at radius 1 is 1.55 bits per heavy atom. The van der Waals surface area contributed by atoms with Crippen molar-refractivity contribution in [1.82, 2.24) is 0 Å². The summed E-state index contributed by atoms with van der Waals surface area (Å²) in [6.45, 7) is 0. The van der Waals surface area contributed by atoms with Gasteiger partial charge in [-0.15, -0.1) is 0 Å². The summed E-state index contributed by atoms with van der Waals surface area (Å²) in [6.07, 6.45) is -0.196. The molecule has 0 N–H and O–H groups in total. The number of carbonyl (C=O) groups is 1. The molecule has 0 atom stereocenters. The van der Waals surface area contributed by atoms with Crippen LogP contribution in [0.1, 0.15) is 5.56 Å². The molecule has 1 aromatic carbocycles. The van der Waals surface area contributed by atoms with E-state index in [0.717, 1.165) is 6.07 Å². The largest absolute Gasteiger partial charge is 0.469 e. The Morgan fingerprint density at radius 3 is 2.95 bits per heavy atom. The fourth-order valence-corrected chi connectivity index (χ4v) is 1.75. The summed E-state index contributed by atoms with van der Waals surface area (Å²) < 4.78 is 23.3. The summed E-state index contributed by atoms with van der Waals surface area (Å²) in [5.41, 5.74) is 7.12. The average Bonchev–Trinajstić information content (AvgIpc) is 2.42. The number of azide groups is 1. The van der Waals surface area contributed by atoms with Gasteiger partial charge in [-0.2, -0.15) is 0 Å². The second kappa shape index (κ2) is 5.41. The Morgan fingerprint density at radius 2 is 2.30 bits per heavy atom. The molecule has 0 saturated heterocycles. The normalized spacial score (nSPS) is 10.1. The molecule has 20 heavy (non-hydrogen) atoms. The third-order valence-corrected chi connectivity index (χ3v) is 2.63. The van der Waals surface area contributed by atoms with Gasteiger partial charge in [0.1, 0.15) is 0 Å². The van der Waals surface area contributed by atoms with Crippen molar-refractivity contribution < 1.29 is 18.3 Å². The van der Waals surface area contributed by atoms with Gasteiger partial charge in [0.25, 0.3) is 0 Å². The zero-order valence-corrected chi connectivity index (χ0v) is 10.3. The zero-order valence-electron chi connectivity index (χ0n) is 10.3. The number of carbonyl (C=O) groups excluding carboxylic acids is 1. The molecule has 1 aromatic heterocycles. The molecule has 1 heterocycles. The molecule has 0 bridgehead atoms. The molecule has 0 aliphatic rings. The van der Waals surface area contributed by atoms with Crippen LogP contribution >= 0.6 is 0 Å². The molecule has 0 saturated carbocycles. The van der Waals surface area contributed by atoms with Crippen molar-refractivity contribution >= 4 is 22.6 Å². The van der Waals surface area contributed by atoms with E-state index in [2.05, 4.69) is 14.8 Å². The fraction of sp³-hybridized carbons (Fsp3) is 0.167. The first-order valence-corrected chi connectivity index (χ1v) is 5.44. The topological polar surface area (TPSA) is 105 Å². The van der Waals surface area contributed by atoms with Gasteiger partial charge in [0.2, 0.25) is 0 Å². The van der Waals surface area contributed by atoms with Crippen LogP contribution in [-0.2, 0) is 16.0 Å². The second-order valence-electron chi connectivity index (χ2n) is 3.81. The summed E-state index contributed by atoms with van der Waals surface area (Å²) in [6, 6.07) is 3.73. The highest BCUT2D eigenvalue weighted by molar-refractivity contribution is 5.87. The van der Waals surface area contributed by atoms with Crippen molar-refractivity contribution in [1.29, 1.82) is 0 Å². The molecule has 0 aliphatic carbocycles. The van der Waals surface area contributed by atoms with Gasteiger partial charge in [-0.3, -0.25) is 4.79 Å². The number of rotatable bonds is 3. The highest BCUT2D eigenvalue weighted by Gasteiger charge is 2.15. The van der Waals surface area contributed by atoms with E-state index in [1.54, 1.807) is 0 Å². The smallest absolute Gasteiger partial charge is 0.336 e. The number of ether oxygens (including phenoxy) is 1. The molecule has 102 valence electrons. The van der Waals surface area contributed by atoms with E-state index in [4.69, 9.17) is 9.95 Å². The van der Waals surface area contributed by atoms with E-state index >= 15 is 0 Å². The van der Waals surface area contributed by atoms with Crippen LogP contribution in [-0.4, -0.2) is 13.1 Å². The molecule has 0 amide bonds. The molecule has 0 unspecified atom stereocenters. The van der Waals surface area contributed by atoms with Crippen LogP contribution in [0.3, 0.4) is 0 Å². The lowest BCUT2D eigenvalue weighted by Gasteiger charge is -2.06. The van der Waals surface area contributed by atoms with Crippen LogP contribution < -0.4 is 5.63 Å². The Kier molecular flexibility index (Phi) is 3.67. The summed E-state index contributed by atoms with van der Waals surface area (Å²) in [5.74, 6) is -1.53. The van der Waals surface area contributed by atoms with E-state index in [9.17, 15) is 14.0 Å². The van der Waals surface area contributed by atoms with Gasteiger partial charge >= 0.3 is 11.6 Å². The van der Waals surface area contributed by atoms with Gasteiger partial charge < -0.3 is 9.15 Å². The third-order valence-electron chi connectivity index (χ3n) is 2.63. The van der Waals surface area contributed by atoms with Crippen LogP contribution in [0.2, 0.25) is 0 Å². The maximum Gasteiger partial charge on any atom is 0.336 e. The van der Waals surface area contributed by atoms with Gasteiger partial charge in [0.15, 0.2) is 11.4 Å². The van der Waals surface area contributed by atoms with Gasteiger partial charge in [-0.1, -0.05) is 11.2 Å². The Balaban J connectivity index is 2.72. The number of benzene rings is 1. The van der Waals surface area contributed by atoms with E-state index in [1.807, 2.05) is 0 Å². The molecule has 2 rings (SSSR count). The lowest BCUT2D eigenvalue weighted by atomic mass is 10.1. The van der Waals surface area contributed by atoms with Gasteiger partial charge in [-0.25, -0.2) is 9.18 Å². The maximum atomic E-state index is 14.0. The highest BCUT2D eigenvalue weighted by atomic mass is 19.1. The van der Waals surface area contributed by atoms with Crippen LogP contribution in [0.5, 0.6) is 0 Å². The average molecular weight is 277 g/mol. The molecular formula is C12H8FN3O4. The standard InChI is InChI=1S/C12H8FN3O4/c1-19-9(17)4-6-5-10(18)20-12-7(6)2-3-8(11(12)13)15-16-14/h2-3,5H,4H2,1H3.